The van der Waals surface area contributed by atoms with E-state index in [1.807, 2.05) is 31.2 Å². The van der Waals surface area contributed by atoms with Crippen LogP contribution in [0.1, 0.15) is 12.5 Å². The number of carbonyl (C=O) groups excluding carboxylic acids is 1. The van der Waals surface area contributed by atoms with Crippen LogP contribution in [0.2, 0.25) is 0 Å². The Kier molecular flexibility index (Phi) is 6.00. The second kappa shape index (κ2) is 7.29. The van der Waals surface area contributed by atoms with Crippen molar-refractivity contribution in [3.63, 3.8) is 0 Å². The van der Waals surface area contributed by atoms with Gasteiger partial charge in [-0.2, -0.15) is 0 Å². The number of hydrogen-bond acceptors (Lipinski definition) is 2. The highest BCUT2D eigenvalue weighted by Crippen LogP contribution is 2.09. The van der Waals surface area contributed by atoms with Crippen LogP contribution in [0.15, 0.2) is 28.7 Å². The number of benzene rings is 1. The molecule has 17 heavy (non-hydrogen) atoms. The minimum Gasteiger partial charge on any atom is -0.380 e. The normalized spacial score (nSPS) is 11.9. The highest BCUT2D eigenvalue weighted by molar-refractivity contribution is 9.10. The van der Waals surface area contributed by atoms with E-state index in [2.05, 4.69) is 26.6 Å². The molecule has 0 saturated heterocycles. The molecule has 2 N–H and O–H groups in total. The van der Waals surface area contributed by atoms with E-state index in [-0.39, 0.29) is 12.1 Å². The van der Waals surface area contributed by atoms with E-state index in [1.165, 1.54) is 0 Å². The number of halogens is 1. The van der Waals surface area contributed by atoms with Crippen molar-refractivity contribution in [1.82, 2.24) is 10.6 Å². The summed E-state index contributed by atoms with van der Waals surface area (Å²) in [5, 5.41) is 5.51. The Hall–Kier alpha value is -1.07. The monoisotopic (exact) mass is 300 g/mol. The van der Waals surface area contributed by atoms with Crippen molar-refractivity contribution in [3.8, 4) is 0 Å². The van der Waals surface area contributed by atoms with Gasteiger partial charge in [-0.3, -0.25) is 0 Å². The van der Waals surface area contributed by atoms with Crippen molar-refractivity contribution < 1.29 is 9.53 Å². The topological polar surface area (TPSA) is 50.4 Å². The lowest BCUT2D eigenvalue weighted by molar-refractivity contribution is 0.118. The molecule has 1 aromatic carbocycles. The Morgan fingerprint density at radius 1 is 1.35 bits per heavy atom. The summed E-state index contributed by atoms with van der Waals surface area (Å²) < 4.78 is 6.06. The van der Waals surface area contributed by atoms with Gasteiger partial charge in [-0.15, -0.1) is 0 Å². The largest absolute Gasteiger partial charge is 0.380 e. The molecule has 0 aliphatic carbocycles. The molecule has 0 aliphatic heterocycles. The van der Waals surface area contributed by atoms with Gasteiger partial charge < -0.3 is 15.4 Å². The van der Waals surface area contributed by atoms with Crippen LogP contribution in [0.4, 0.5) is 4.79 Å². The summed E-state index contributed by atoms with van der Waals surface area (Å²) in [5.74, 6) is 0. The number of amides is 2. The number of methoxy groups -OCH3 is 1. The van der Waals surface area contributed by atoms with Gasteiger partial charge in [0.05, 0.1) is 6.10 Å². The van der Waals surface area contributed by atoms with Crippen molar-refractivity contribution in [2.75, 3.05) is 13.7 Å². The fraction of sp³-hybridized carbons (Fsp3) is 0.417. The molecule has 0 radical (unpaired) electrons. The Labute approximate surface area is 110 Å². The third kappa shape index (κ3) is 5.70. The van der Waals surface area contributed by atoms with E-state index >= 15 is 0 Å². The molecule has 4 nitrogen and oxygen atoms in total. The SMILES string of the molecule is CO[C@H](C)CNC(=O)NCc1ccc(Br)cc1. The maximum atomic E-state index is 11.4. The maximum absolute atomic E-state index is 11.4. The fourth-order valence-corrected chi connectivity index (χ4v) is 1.43. The minimum atomic E-state index is -0.184. The third-order valence-electron chi connectivity index (χ3n) is 2.32. The molecule has 2 amide bonds. The van der Waals surface area contributed by atoms with Gasteiger partial charge >= 0.3 is 6.03 Å². The Bertz CT molecular complexity index is 354. The van der Waals surface area contributed by atoms with Crippen LogP contribution in [0.3, 0.4) is 0 Å². The number of urea groups is 1. The minimum absolute atomic E-state index is 0.0217. The van der Waals surface area contributed by atoms with Gasteiger partial charge in [0.25, 0.3) is 0 Å². The molecular weight excluding hydrogens is 284 g/mol. The lowest BCUT2D eigenvalue weighted by atomic mass is 10.2. The summed E-state index contributed by atoms with van der Waals surface area (Å²) in [7, 11) is 1.62. The molecule has 1 atom stereocenters. The predicted molar refractivity (Wildman–Crippen MR) is 70.9 cm³/mol. The van der Waals surface area contributed by atoms with Gasteiger partial charge in [0.1, 0.15) is 0 Å². The number of rotatable bonds is 5. The van der Waals surface area contributed by atoms with Gasteiger partial charge in [-0.1, -0.05) is 28.1 Å². The van der Waals surface area contributed by atoms with Crippen LogP contribution >= 0.6 is 15.9 Å². The van der Waals surface area contributed by atoms with Crippen molar-refractivity contribution >= 4 is 22.0 Å². The first kappa shape index (κ1) is 14.0. The standard InChI is InChI=1S/C12H17BrN2O2/c1-9(17-2)7-14-12(16)15-8-10-3-5-11(13)6-4-10/h3-6,9H,7-8H2,1-2H3,(H2,14,15,16)/t9-/m1/s1. The summed E-state index contributed by atoms with van der Waals surface area (Å²) in [5.41, 5.74) is 1.06. The summed E-state index contributed by atoms with van der Waals surface area (Å²) >= 11 is 3.36. The smallest absolute Gasteiger partial charge is 0.315 e. The maximum Gasteiger partial charge on any atom is 0.315 e. The lowest BCUT2D eigenvalue weighted by Crippen LogP contribution is -2.39. The van der Waals surface area contributed by atoms with Crippen LogP contribution in [-0.2, 0) is 11.3 Å². The van der Waals surface area contributed by atoms with Gasteiger partial charge in [-0.25, -0.2) is 4.79 Å². The van der Waals surface area contributed by atoms with Crippen molar-refractivity contribution in [2.24, 2.45) is 0 Å². The lowest BCUT2D eigenvalue weighted by Gasteiger charge is -2.11. The van der Waals surface area contributed by atoms with Crippen LogP contribution in [0.25, 0.3) is 0 Å². The highest BCUT2D eigenvalue weighted by atomic mass is 79.9. The molecule has 0 saturated carbocycles. The van der Waals surface area contributed by atoms with E-state index < -0.39 is 0 Å². The third-order valence-corrected chi connectivity index (χ3v) is 2.85. The van der Waals surface area contributed by atoms with E-state index in [9.17, 15) is 4.79 Å². The van der Waals surface area contributed by atoms with Crippen LogP contribution in [-0.4, -0.2) is 25.8 Å². The van der Waals surface area contributed by atoms with Crippen LogP contribution in [0.5, 0.6) is 0 Å². The Morgan fingerprint density at radius 3 is 2.59 bits per heavy atom. The molecule has 0 bridgehead atoms. The molecule has 0 heterocycles. The summed E-state index contributed by atoms with van der Waals surface area (Å²) in [4.78, 5) is 11.4. The second-order valence-electron chi connectivity index (χ2n) is 3.74. The zero-order valence-electron chi connectivity index (χ0n) is 10.00. The van der Waals surface area contributed by atoms with E-state index in [0.29, 0.717) is 13.1 Å². The highest BCUT2D eigenvalue weighted by Gasteiger charge is 2.03. The molecule has 0 aromatic heterocycles. The molecular formula is C12H17BrN2O2. The first-order valence-corrected chi connectivity index (χ1v) is 6.20. The average Bonchev–Trinajstić information content (AvgIpc) is 2.35. The van der Waals surface area contributed by atoms with Gasteiger partial charge in [0.15, 0.2) is 0 Å². The van der Waals surface area contributed by atoms with Crippen molar-refractivity contribution in [3.05, 3.63) is 34.3 Å². The van der Waals surface area contributed by atoms with Crippen LogP contribution in [0, 0.1) is 0 Å². The molecule has 94 valence electrons. The van der Waals surface area contributed by atoms with Crippen molar-refractivity contribution in [2.45, 2.75) is 19.6 Å². The van der Waals surface area contributed by atoms with Crippen LogP contribution < -0.4 is 10.6 Å². The molecule has 0 unspecified atom stereocenters. The van der Waals surface area contributed by atoms with Gasteiger partial charge in [0.2, 0.25) is 0 Å². The zero-order chi connectivity index (χ0) is 12.7. The first-order valence-electron chi connectivity index (χ1n) is 5.40. The second-order valence-corrected chi connectivity index (χ2v) is 4.65. The summed E-state index contributed by atoms with van der Waals surface area (Å²) in [6.45, 7) is 2.91. The molecule has 1 aromatic rings. The quantitative estimate of drug-likeness (QED) is 0.876. The van der Waals surface area contributed by atoms with E-state index in [0.717, 1.165) is 10.0 Å². The number of nitrogens with one attached hydrogen (secondary N) is 2. The molecule has 0 fully saturated rings. The number of ether oxygens (including phenoxy) is 1. The van der Waals surface area contributed by atoms with Crippen molar-refractivity contribution in [1.29, 1.82) is 0 Å². The number of hydrogen-bond donors (Lipinski definition) is 2. The Morgan fingerprint density at radius 2 is 2.00 bits per heavy atom. The first-order chi connectivity index (χ1) is 8.11. The summed E-state index contributed by atoms with van der Waals surface area (Å²) in [6.07, 6.45) is 0.0217. The molecule has 0 aliphatic rings. The summed E-state index contributed by atoms with van der Waals surface area (Å²) in [6, 6.07) is 7.63. The van der Waals surface area contributed by atoms with Gasteiger partial charge in [0, 0.05) is 24.7 Å². The Balaban J connectivity index is 2.26. The molecule has 5 heteroatoms. The number of carbonyl (C=O) groups is 1. The van der Waals surface area contributed by atoms with E-state index in [1.54, 1.807) is 7.11 Å². The average molecular weight is 301 g/mol. The fourth-order valence-electron chi connectivity index (χ4n) is 1.17. The molecule has 1 rings (SSSR count). The van der Waals surface area contributed by atoms with E-state index in [4.69, 9.17) is 4.74 Å². The molecule has 0 spiro atoms. The van der Waals surface area contributed by atoms with Gasteiger partial charge in [-0.05, 0) is 24.6 Å². The zero-order valence-corrected chi connectivity index (χ0v) is 11.6. The predicted octanol–water partition coefficient (Wildman–Crippen LogP) is 2.28.